The topological polar surface area (TPSA) is 68.4 Å². The van der Waals surface area contributed by atoms with E-state index in [-0.39, 0.29) is 11.8 Å². The van der Waals surface area contributed by atoms with Crippen molar-refractivity contribution in [3.8, 4) is 0 Å². The van der Waals surface area contributed by atoms with Gasteiger partial charge in [0, 0.05) is 38.1 Å². The number of hydrogen-bond donors (Lipinski definition) is 2. The van der Waals surface area contributed by atoms with Crippen LogP contribution in [-0.2, 0) is 4.79 Å². The van der Waals surface area contributed by atoms with Crippen LogP contribution >= 0.6 is 11.6 Å². The molecule has 0 unspecified atom stereocenters. The molecule has 7 heteroatoms. The minimum Gasteiger partial charge on any atom is -0.356 e. The number of halogens is 1. The fraction of sp³-hybridized carbons (Fsp3) is 0.368. The van der Waals surface area contributed by atoms with Crippen LogP contribution in [0, 0.1) is 13.8 Å². The van der Waals surface area contributed by atoms with E-state index in [1.54, 1.807) is 17.2 Å². The highest BCUT2D eigenvalue weighted by Crippen LogP contribution is 2.19. The summed E-state index contributed by atoms with van der Waals surface area (Å²) < 4.78 is 0. The number of carbonyl (C=O) groups is 2. The maximum absolute atomic E-state index is 12.4. The molecule has 1 saturated heterocycles. The lowest BCUT2D eigenvalue weighted by molar-refractivity contribution is -0.117. The fourth-order valence-electron chi connectivity index (χ4n) is 3.16. The van der Waals surface area contributed by atoms with Crippen LogP contribution in [0.2, 0.25) is 5.02 Å². The second-order valence-electron chi connectivity index (χ2n) is 6.61. The number of benzene rings is 1. The third-order valence-electron chi connectivity index (χ3n) is 4.65. The van der Waals surface area contributed by atoms with Gasteiger partial charge in [0.05, 0.1) is 11.6 Å². The molecule has 0 saturated carbocycles. The number of para-hydroxylation sites is 1. The molecular weight excluding hydrogens is 352 g/mol. The monoisotopic (exact) mass is 374 g/mol. The van der Waals surface area contributed by atoms with Gasteiger partial charge in [-0.05, 0) is 31.0 Å². The Bertz CT molecular complexity index is 789. The zero-order valence-corrected chi connectivity index (χ0v) is 15.8. The summed E-state index contributed by atoms with van der Waals surface area (Å²) in [6.07, 6.45) is 1.60. The molecule has 2 heterocycles. The van der Waals surface area contributed by atoms with E-state index in [1.165, 1.54) is 0 Å². The molecule has 0 spiro atoms. The lowest BCUT2D eigenvalue weighted by atomic mass is 10.1. The molecule has 1 aromatic heterocycles. The highest BCUT2D eigenvalue weighted by atomic mass is 35.5. The van der Waals surface area contributed by atoms with Gasteiger partial charge in [-0.3, -0.25) is 14.5 Å². The van der Waals surface area contributed by atoms with Crippen LogP contribution in [0.5, 0.6) is 0 Å². The number of aromatic amines is 1. The van der Waals surface area contributed by atoms with Crippen LogP contribution in [0.1, 0.15) is 21.6 Å². The normalized spacial score (nSPS) is 15.1. The lowest BCUT2D eigenvalue weighted by Gasteiger charge is -2.34. The van der Waals surface area contributed by atoms with Crippen LogP contribution in [0.4, 0.5) is 5.69 Å². The summed E-state index contributed by atoms with van der Waals surface area (Å²) in [5, 5.41) is 3.53. The summed E-state index contributed by atoms with van der Waals surface area (Å²) in [6.45, 7) is 6.81. The van der Waals surface area contributed by atoms with E-state index < -0.39 is 0 Å². The second-order valence-corrected chi connectivity index (χ2v) is 7.05. The van der Waals surface area contributed by atoms with Crippen LogP contribution in [0.15, 0.2) is 30.5 Å². The molecule has 0 atom stereocenters. The number of piperazine rings is 1. The first-order valence-electron chi connectivity index (χ1n) is 8.65. The zero-order valence-electron chi connectivity index (χ0n) is 15.0. The third-order valence-corrected chi connectivity index (χ3v) is 4.87. The number of carbonyl (C=O) groups excluding carboxylic acids is 2. The summed E-state index contributed by atoms with van der Waals surface area (Å²) in [5.74, 6) is -0.0881. The molecule has 0 radical (unpaired) electrons. The predicted molar refractivity (Wildman–Crippen MR) is 103 cm³/mol. The van der Waals surface area contributed by atoms with Crippen molar-refractivity contribution < 1.29 is 9.59 Å². The van der Waals surface area contributed by atoms with E-state index in [0.717, 1.165) is 16.8 Å². The number of anilines is 1. The van der Waals surface area contributed by atoms with Crippen molar-refractivity contribution in [3.63, 3.8) is 0 Å². The van der Waals surface area contributed by atoms with Crippen molar-refractivity contribution in [2.75, 3.05) is 38.0 Å². The first-order chi connectivity index (χ1) is 12.4. The van der Waals surface area contributed by atoms with Gasteiger partial charge < -0.3 is 15.2 Å². The maximum Gasteiger partial charge on any atom is 0.270 e. The lowest BCUT2D eigenvalue weighted by Crippen LogP contribution is -2.50. The summed E-state index contributed by atoms with van der Waals surface area (Å²) in [6, 6.07) is 7.59. The molecular formula is C19H23ClN4O2. The van der Waals surface area contributed by atoms with Crippen molar-refractivity contribution in [2.45, 2.75) is 13.8 Å². The van der Waals surface area contributed by atoms with E-state index in [0.29, 0.717) is 43.4 Å². The third kappa shape index (κ3) is 4.26. The smallest absolute Gasteiger partial charge is 0.270 e. The average Bonchev–Trinajstić information content (AvgIpc) is 3.05. The molecule has 2 N–H and O–H groups in total. The number of rotatable bonds is 4. The van der Waals surface area contributed by atoms with Crippen molar-refractivity contribution in [3.05, 3.63) is 52.3 Å². The highest BCUT2D eigenvalue weighted by molar-refractivity contribution is 6.30. The van der Waals surface area contributed by atoms with Crippen LogP contribution in [0.25, 0.3) is 0 Å². The summed E-state index contributed by atoms with van der Waals surface area (Å²) in [7, 11) is 0. The van der Waals surface area contributed by atoms with Gasteiger partial charge in [0.25, 0.3) is 5.91 Å². The molecule has 1 aromatic carbocycles. The molecule has 2 aromatic rings. The van der Waals surface area contributed by atoms with Crippen molar-refractivity contribution >= 4 is 29.1 Å². The Labute approximate surface area is 158 Å². The first-order valence-corrected chi connectivity index (χ1v) is 9.03. The van der Waals surface area contributed by atoms with Gasteiger partial charge in [-0.25, -0.2) is 0 Å². The molecule has 26 heavy (non-hydrogen) atoms. The quantitative estimate of drug-likeness (QED) is 0.864. The minimum absolute atomic E-state index is 0.0293. The molecule has 2 amide bonds. The average molecular weight is 375 g/mol. The number of nitrogens with zero attached hydrogens (tertiary/aromatic N) is 2. The molecule has 138 valence electrons. The van der Waals surface area contributed by atoms with Gasteiger partial charge in [-0.15, -0.1) is 0 Å². The predicted octanol–water partition coefficient (Wildman–Crippen LogP) is 2.68. The fourth-order valence-corrected chi connectivity index (χ4v) is 3.33. The Balaban J connectivity index is 1.51. The van der Waals surface area contributed by atoms with Gasteiger partial charge in [-0.2, -0.15) is 0 Å². The Hall–Kier alpha value is -2.31. The Morgan fingerprint density at radius 3 is 2.38 bits per heavy atom. The summed E-state index contributed by atoms with van der Waals surface area (Å²) in [5.41, 5.74) is 3.49. The van der Waals surface area contributed by atoms with Gasteiger partial charge in [-0.1, -0.05) is 29.8 Å². The zero-order chi connectivity index (χ0) is 18.7. The van der Waals surface area contributed by atoms with E-state index in [4.69, 9.17) is 11.6 Å². The van der Waals surface area contributed by atoms with E-state index in [1.807, 2.05) is 32.0 Å². The first kappa shape index (κ1) is 18.5. The Morgan fingerprint density at radius 2 is 1.81 bits per heavy atom. The van der Waals surface area contributed by atoms with Crippen LogP contribution < -0.4 is 5.32 Å². The van der Waals surface area contributed by atoms with Crippen molar-refractivity contribution in [1.29, 1.82) is 0 Å². The summed E-state index contributed by atoms with van der Waals surface area (Å²) >= 11 is 5.86. The van der Waals surface area contributed by atoms with E-state index >= 15 is 0 Å². The maximum atomic E-state index is 12.4. The van der Waals surface area contributed by atoms with Gasteiger partial charge >= 0.3 is 0 Å². The van der Waals surface area contributed by atoms with Crippen molar-refractivity contribution in [2.24, 2.45) is 0 Å². The summed E-state index contributed by atoms with van der Waals surface area (Å²) in [4.78, 5) is 31.5. The molecule has 1 fully saturated rings. The highest BCUT2D eigenvalue weighted by Gasteiger charge is 2.24. The van der Waals surface area contributed by atoms with Gasteiger partial charge in [0.2, 0.25) is 5.91 Å². The van der Waals surface area contributed by atoms with Crippen LogP contribution in [0.3, 0.4) is 0 Å². The number of nitrogens with one attached hydrogen (secondary N) is 2. The SMILES string of the molecule is Cc1cccc(C)c1NC(=O)CN1CCN(C(=O)c2cc(Cl)c[nH]2)CC1. The number of H-pyrrole nitrogens is 1. The van der Waals surface area contributed by atoms with E-state index in [2.05, 4.69) is 15.2 Å². The Morgan fingerprint density at radius 1 is 1.15 bits per heavy atom. The van der Waals surface area contributed by atoms with Gasteiger partial charge in [0.1, 0.15) is 5.69 Å². The van der Waals surface area contributed by atoms with Crippen molar-refractivity contribution in [1.82, 2.24) is 14.8 Å². The molecule has 0 aliphatic carbocycles. The Kier molecular flexibility index (Phi) is 5.64. The van der Waals surface area contributed by atoms with Crippen LogP contribution in [-0.4, -0.2) is 59.3 Å². The molecule has 6 nitrogen and oxygen atoms in total. The molecule has 1 aliphatic rings. The molecule has 3 rings (SSSR count). The van der Waals surface area contributed by atoms with E-state index in [9.17, 15) is 9.59 Å². The second kappa shape index (κ2) is 7.93. The molecule has 0 bridgehead atoms. The number of amides is 2. The largest absolute Gasteiger partial charge is 0.356 e. The number of hydrogen-bond acceptors (Lipinski definition) is 3. The standard InChI is InChI=1S/C19H23ClN4O2/c1-13-4-3-5-14(2)18(13)22-17(25)12-23-6-8-24(9-7-23)19(26)16-10-15(20)11-21-16/h3-5,10-11,21H,6-9,12H2,1-2H3,(H,22,25). The minimum atomic E-state index is -0.0588. The number of aryl methyl sites for hydroxylation is 2. The number of aromatic nitrogens is 1. The van der Waals surface area contributed by atoms with Gasteiger partial charge in [0.15, 0.2) is 0 Å². The molecule has 1 aliphatic heterocycles.